The van der Waals surface area contributed by atoms with Gasteiger partial charge in [0.15, 0.2) is 18.2 Å². The first-order chi connectivity index (χ1) is 17.1. The number of benzene rings is 1. The number of nitrogens with zero attached hydrogens (tertiary/aromatic N) is 4. The molecule has 3 atom stereocenters. The van der Waals surface area contributed by atoms with Crippen molar-refractivity contribution in [3.05, 3.63) is 82.7 Å². The van der Waals surface area contributed by atoms with E-state index >= 15 is 0 Å². The summed E-state index contributed by atoms with van der Waals surface area (Å²) in [6.07, 6.45) is 4.80. The SMILES string of the molecule is C[C@H](C(=O)Nc1cn2c(n1)CC[C@@H]2c1cc(F)cc(F)c1)N1CCC(F)(F)[C@@H](c2cc[n+]([O-])cc2)C1. The Balaban J connectivity index is 1.28. The first-order valence-electron chi connectivity index (χ1n) is 11.8. The Morgan fingerprint density at radius 3 is 2.58 bits per heavy atom. The third-order valence-electron chi connectivity index (χ3n) is 7.12. The lowest BCUT2D eigenvalue weighted by molar-refractivity contribution is -0.605. The lowest BCUT2D eigenvalue weighted by atomic mass is 9.87. The number of pyridine rings is 1. The molecule has 4 heterocycles. The van der Waals surface area contributed by atoms with Gasteiger partial charge in [-0.3, -0.25) is 9.69 Å². The number of imidazole rings is 1. The molecule has 0 unspecified atom stereocenters. The van der Waals surface area contributed by atoms with Crippen molar-refractivity contribution in [2.75, 3.05) is 18.4 Å². The first kappa shape index (κ1) is 24.2. The van der Waals surface area contributed by atoms with E-state index in [1.54, 1.807) is 22.6 Å². The maximum Gasteiger partial charge on any atom is 0.257 e. The molecule has 0 aliphatic carbocycles. The third kappa shape index (κ3) is 4.67. The second kappa shape index (κ2) is 9.20. The Kier molecular flexibility index (Phi) is 6.19. The van der Waals surface area contributed by atoms with Crippen LogP contribution in [0, 0.1) is 16.8 Å². The minimum absolute atomic E-state index is 0.0410. The van der Waals surface area contributed by atoms with Crippen molar-refractivity contribution in [2.45, 2.75) is 50.1 Å². The molecule has 7 nitrogen and oxygen atoms in total. The predicted octanol–water partition coefficient (Wildman–Crippen LogP) is 3.78. The molecular formula is C25H25F4N5O2. The van der Waals surface area contributed by atoms with E-state index < -0.39 is 41.8 Å². The van der Waals surface area contributed by atoms with E-state index in [-0.39, 0.29) is 19.1 Å². The van der Waals surface area contributed by atoms with Gasteiger partial charge in [0.05, 0.1) is 18.0 Å². The van der Waals surface area contributed by atoms with Gasteiger partial charge in [-0.25, -0.2) is 22.5 Å². The fourth-order valence-corrected chi connectivity index (χ4v) is 5.13. The van der Waals surface area contributed by atoms with E-state index in [2.05, 4.69) is 10.3 Å². The van der Waals surface area contributed by atoms with E-state index in [1.807, 2.05) is 0 Å². The molecule has 0 saturated carbocycles. The highest BCUT2D eigenvalue weighted by Crippen LogP contribution is 2.40. The van der Waals surface area contributed by atoms with Crippen LogP contribution >= 0.6 is 0 Å². The average Bonchev–Trinajstić information content (AvgIpc) is 3.39. The molecule has 1 N–H and O–H groups in total. The number of amides is 1. The number of likely N-dealkylation sites (tertiary alicyclic amines) is 1. The van der Waals surface area contributed by atoms with Crippen LogP contribution in [0.4, 0.5) is 23.4 Å². The van der Waals surface area contributed by atoms with Crippen LogP contribution in [0.2, 0.25) is 0 Å². The number of hydrogen-bond acceptors (Lipinski definition) is 4. The average molecular weight is 504 g/mol. The van der Waals surface area contributed by atoms with Gasteiger partial charge in [-0.1, -0.05) is 0 Å². The van der Waals surface area contributed by atoms with Crippen LogP contribution in [0.1, 0.15) is 48.7 Å². The monoisotopic (exact) mass is 503 g/mol. The molecule has 1 fully saturated rings. The normalized spacial score (nSPS) is 22.2. The van der Waals surface area contributed by atoms with Crippen molar-refractivity contribution >= 4 is 11.7 Å². The van der Waals surface area contributed by atoms with Crippen molar-refractivity contribution in [2.24, 2.45) is 0 Å². The van der Waals surface area contributed by atoms with Gasteiger partial charge < -0.3 is 15.1 Å². The number of piperidine rings is 1. The molecule has 3 aromatic rings. The summed E-state index contributed by atoms with van der Waals surface area (Å²) in [5, 5.41) is 14.1. The second-order valence-electron chi connectivity index (χ2n) is 9.42. The molecule has 0 radical (unpaired) electrons. The molecule has 1 saturated heterocycles. The summed E-state index contributed by atoms with van der Waals surface area (Å²) in [6.45, 7) is 1.64. The Morgan fingerprint density at radius 1 is 1.19 bits per heavy atom. The first-order valence-corrected chi connectivity index (χ1v) is 11.8. The number of hydrogen-bond donors (Lipinski definition) is 1. The Labute approximate surface area is 204 Å². The Hall–Kier alpha value is -3.47. The highest BCUT2D eigenvalue weighted by Gasteiger charge is 2.46. The van der Waals surface area contributed by atoms with E-state index in [1.165, 1.54) is 36.7 Å². The number of carbonyl (C=O) groups excluding carboxylic acids is 1. The molecule has 36 heavy (non-hydrogen) atoms. The molecule has 190 valence electrons. The number of halogens is 4. The standard InChI is InChI=1S/C25H25F4N5O2/c1-15(32-9-6-25(28,29)20(13-32)16-4-7-33(36)8-5-16)24(35)31-22-14-34-21(2-3-23(34)30-22)17-10-18(26)12-19(27)11-17/h4-5,7-8,10-12,14-15,20-21H,2-3,6,9,13H2,1H3,(H,31,35)/t15-,20-,21-/m1/s1. The van der Waals surface area contributed by atoms with Crippen LogP contribution in [0.15, 0.2) is 48.9 Å². The van der Waals surface area contributed by atoms with E-state index in [0.717, 1.165) is 6.07 Å². The van der Waals surface area contributed by atoms with Gasteiger partial charge in [0.1, 0.15) is 17.5 Å². The van der Waals surface area contributed by atoms with Crippen molar-refractivity contribution in [1.82, 2.24) is 14.5 Å². The summed E-state index contributed by atoms with van der Waals surface area (Å²) in [7, 11) is 0. The number of carbonyl (C=O) groups is 1. The molecule has 1 aromatic carbocycles. The molecule has 0 bridgehead atoms. The fourth-order valence-electron chi connectivity index (χ4n) is 5.13. The summed E-state index contributed by atoms with van der Waals surface area (Å²) in [6, 6.07) is 5.15. The third-order valence-corrected chi connectivity index (χ3v) is 7.12. The van der Waals surface area contributed by atoms with Gasteiger partial charge in [-0.05, 0) is 36.6 Å². The summed E-state index contributed by atoms with van der Waals surface area (Å²) in [4.78, 5) is 19.1. The molecule has 2 aliphatic heterocycles. The fraction of sp³-hybridized carbons (Fsp3) is 0.400. The van der Waals surface area contributed by atoms with Crippen molar-refractivity contribution in [3.8, 4) is 0 Å². The van der Waals surface area contributed by atoms with Gasteiger partial charge in [-0.2, -0.15) is 4.73 Å². The number of nitrogens with one attached hydrogen (secondary N) is 1. The molecule has 5 rings (SSSR count). The van der Waals surface area contributed by atoms with E-state index in [9.17, 15) is 27.6 Å². The maximum atomic E-state index is 14.7. The van der Waals surface area contributed by atoms with Crippen molar-refractivity contribution < 1.29 is 27.1 Å². The summed E-state index contributed by atoms with van der Waals surface area (Å²) in [5.41, 5.74) is 0.827. The Bertz CT molecular complexity index is 1260. The lowest BCUT2D eigenvalue weighted by Crippen LogP contribution is -2.52. The van der Waals surface area contributed by atoms with Gasteiger partial charge in [0, 0.05) is 50.3 Å². The summed E-state index contributed by atoms with van der Waals surface area (Å²) >= 11 is 0. The molecule has 0 spiro atoms. The second-order valence-corrected chi connectivity index (χ2v) is 9.42. The van der Waals surface area contributed by atoms with E-state index in [0.29, 0.717) is 40.3 Å². The number of alkyl halides is 2. The predicted molar refractivity (Wildman–Crippen MR) is 122 cm³/mol. The topological polar surface area (TPSA) is 77.1 Å². The molecule has 11 heteroatoms. The Morgan fingerprint density at radius 2 is 1.89 bits per heavy atom. The molecular weight excluding hydrogens is 478 g/mol. The van der Waals surface area contributed by atoms with Crippen molar-refractivity contribution in [3.63, 3.8) is 0 Å². The smallest absolute Gasteiger partial charge is 0.257 e. The summed E-state index contributed by atoms with van der Waals surface area (Å²) < 4.78 is 59.1. The van der Waals surface area contributed by atoms with Crippen LogP contribution in [0.25, 0.3) is 0 Å². The maximum absolute atomic E-state index is 14.7. The minimum Gasteiger partial charge on any atom is -0.619 e. The van der Waals surface area contributed by atoms with Gasteiger partial charge in [-0.15, -0.1) is 0 Å². The van der Waals surface area contributed by atoms with Crippen LogP contribution < -0.4 is 10.0 Å². The highest BCUT2D eigenvalue weighted by atomic mass is 19.3. The number of anilines is 1. The minimum atomic E-state index is -2.96. The van der Waals surface area contributed by atoms with Crippen LogP contribution in [0.5, 0.6) is 0 Å². The largest absolute Gasteiger partial charge is 0.619 e. The molecule has 1 amide bonds. The van der Waals surface area contributed by atoms with Gasteiger partial charge in [0.2, 0.25) is 5.91 Å². The zero-order valence-electron chi connectivity index (χ0n) is 19.5. The zero-order chi connectivity index (χ0) is 25.6. The summed E-state index contributed by atoms with van der Waals surface area (Å²) in [5.74, 6) is -4.84. The quantitative estimate of drug-likeness (QED) is 0.327. The number of aryl methyl sites for hydroxylation is 1. The zero-order valence-corrected chi connectivity index (χ0v) is 19.5. The van der Waals surface area contributed by atoms with Crippen LogP contribution in [0.3, 0.4) is 0 Å². The van der Waals surface area contributed by atoms with Gasteiger partial charge in [0.25, 0.3) is 5.92 Å². The molecule has 2 aliphatic rings. The van der Waals surface area contributed by atoms with Crippen LogP contribution in [-0.2, 0) is 11.2 Å². The molecule has 2 aromatic heterocycles. The van der Waals surface area contributed by atoms with Crippen LogP contribution in [-0.4, -0.2) is 45.4 Å². The number of aromatic nitrogens is 3. The number of rotatable bonds is 5. The van der Waals surface area contributed by atoms with E-state index in [4.69, 9.17) is 0 Å². The number of fused-ring (bicyclic) bond motifs is 1. The lowest BCUT2D eigenvalue weighted by Gasteiger charge is -2.40. The van der Waals surface area contributed by atoms with Crippen molar-refractivity contribution in [1.29, 1.82) is 0 Å². The van der Waals surface area contributed by atoms with Gasteiger partial charge >= 0.3 is 0 Å². The highest BCUT2D eigenvalue weighted by molar-refractivity contribution is 5.93.